The summed E-state index contributed by atoms with van der Waals surface area (Å²) in [6, 6.07) is 9.39. The number of hydrogen-bond donors (Lipinski definition) is 2. The molecule has 2 N–H and O–H groups in total. The van der Waals surface area contributed by atoms with E-state index in [1.165, 1.54) is 5.56 Å². The summed E-state index contributed by atoms with van der Waals surface area (Å²) >= 11 is 1.68. The molecule has 0 amide bonds. The van der Waals surface area contributed by atoms with E-state index in [2.05, 4.69) is 39.4 Å². The highest BCUT2D eigenvalue weighted by atomic mass is 127. The molecule has 0 aliphatic rings. The number of hydrogen-bond acceptors (Lipinski definition) is 3. The zero-order chi connectivity index (χ0) is 19.7. The molecule has 0 saturated heterocycles. The van der Waals surface area contributed by atoms with E-state index >= 15 is 0 Å². The van der Waals surface area contributed by atoms with Crippen molar-refractivity contribution in [3.05, 3.63) is 57.8 Å². The van der Waals surface area contributed by atoms with Crippen LogP contribution in [0.5, 0.6) is 0 Å². The largest absolute Gasteiger partial charge is 0.411 e. The molecular weight excluding hydrogens is 502 g/mol. The molecule has 1 heterocycles. The maximum absolute atomic E-state index is 12.2. The molecule has 1 atom stereocenters. The second kappa shape index (κ2) is 12.3. The quantitative estimate of drug-likeness (QED) is 0.291. The summed E-state index contributed by atoms with van der Waals surface area (Å²) in [7, 11) is 1.70. The van der Waals surface area contributed by atoms with Crippen molar-refractivity contribution in [2.45, 2.75) is 32.2 Å². The lowest BCUT2D eigenvalue weighted by Gasteiger charge is -2.16. The SMILES string of the molecule is CN=C(NCc1cccc(COCC(F)(F)F)c1)NCC(C)c1ccsc1.I. The summed E-state index contributed by atoms with van der Waals surface area (Å²) in [5, 5.41) is 10.7. The molecule has 1 unspecified atom stereocenters. The van der Waals surface area contributed by atoms with Crippen molar-refractivity contribution >= 4 is 41.3 Å². The first kappa shape index (κ1) is 24.7. The van der Waals surface area contributed by atoms with Crippen molar-refractivity contribution in [3.8, 4) is 0 Å². The lowest BCUT2D eigenvalue weighted by molar-refractivity contribution is -0.176. The second-order valence-electron chi connectivity index (χ2n) is 6.19. The van der Waals surface area contributed by atoms with Gasteiger partial charge in [-0.1, -0.05) is 31.2 Å². The molecule has 0 bridgehead atoms. The van der Waals surface area contributed by atoms with Crippen LogP contribution in [-0.2, 0) is 17.9 Å². The molecule has 1 aromatic carbocycles. The molecule has 28 heavy (non-hydrogen) atoms. The van der Waals surface area contributed by atoms with Crippen molar-refractivity contribution in [2.75, 3.05) is 20.2 Å². The first-order valence-corrected chi connectivity index (χ1v) is 9.50. The van der Waals surface area contributed by atoms with E-state index in [4.69, 9.17) is 4.74 Å². The number of rotatable bonds is 8. The maximum atomic E-state index is 12.2. The molecule has 0 aliphatic carbocycles. The number of ether oxygens (including phenoxy) is 1. The summed E-state index contributed by atoms with van der Waals surface area (Å²) in [5.74, 6) is 1.04. The molecule has 2 rings (SSSR count). The number of aliphatic imine (C=N–C) groups is 1. The van der Waals surface area contributed by atoms with Gasteiger partial charge >= 0.3 is 6.18 Å². The Balaban J connectivity index is 0.00000392. The number of thiophene rings is 1. The molecular formula is C19H25F3IN3OS. The summed E-state index contributed by atoms with van der Waals surface area (Å²) in [4.78, 5) is 4.20. The van der Waals surface area contributed by atoms with Gasteiger partial charge in [0.1, 0.15) is 6.61 Å². The third-order valence-electron chi connectivity index (χ3n) is 3.90. The molecule has 0 aliphatic heterocycles. The van der Waals surface area contributed by atoms with Crippen molar-refractivity contribution in [3.63, 3.8) is 0 Å². The van der Waals surface area contributed by atoms with Gasteiger partial charge in [-0.15, -0.1) is 24.0 Å². The average Bonchev–Trinajstić information content (AvgIpc) is 3.16. The van der Waals surface area contributed by atoms with Crippen LogP contribution in [0.25, 0.3) is 0 Å². The number of benzene rings is 1. The van der Waals surface area contributed by atoms with Crippen LogP contribution in [0, 0.1) is 0 Å². The maximum Gasteiger partial charge on any atom is 0.411 e. The van der Waals surface area contributed by atoms with Gasteiger partial charge in [-0.2, -0.15) is 24.5 Å². The average molecular weight is 527 g/mol. The molecule has 0 spiro atoms. The molecule has 0 fully saturated rings. The van der Waals surface area contributed by atoms with Crippen LogP contribution >= 0.6 is 35.3 Å². The van der Waals surface area contributed by atoms with E-state index in [0.717, 1.165) is 12.1 Å². The van der Waals surface area contributed by atoms with Gasteiger partial charge in [0, 0.05) is 20.1 Å². The smallest absolute Gasteiger partial charge is 0.367 e. The Labute approximate surface area is 184 Å². The summed E-state index contributed by atoms with van der Waals surface area (Å²) in [5.41, 5.74) is 2.93. The van der Waals surface area contributed by atoms with Crippen molar-refractivity contribution < 1.29 is 17.9 Å². The van der Waals surface area contributed by atoms with Crippen LogP contribution in [0.4, 0.5) is 13.2 Å². The van der Waals surface area contributed by atoms with Gasteiger partial charge in [-0.3, -0.25) is 4.99 Å². The molecule has 1 aromatic heterocycles. The van der Waals surface area contributed by atoms with E-state index in [-0.39, 0.29) is 30.6 Å². The Kier molecular flexibility index (Phi) is 10.8. The van der Waals surface area contributed by atoms with Gasteiger partial charge in [0.15, 0.2) is 5.96 Å². The number of alkyl halides is 3. The highest BCUT2D eigenvalue weighted by Gasteiger charge is 2.27. The number of nitrogens with zero attached hydrogens (tertiary/aromatic N) is 1. The molecule has 0 radical (unpaired) electrons. The molecule has 2 aromatic rings. The van der Waals surface area contributed by atoms with Gasteiger partial charge in [0.25, 0.3) is 0 Å². The van der Waals surface area contributed by atoms with Crippen LogP contribution in [0.3, 0.4) is 0 Å². The predicted molar refractivity (Wildman–Crippen MR) is 119 cm³/mol. The van der Waals surface area contributed by atoms with Gasteiger partial charge in [-0.25, -0.2) is 0 Å². The normalized spacial score (nSPS) is 13.0. The summed E-state index contributed by atoms with van der Waals surface area (Å²) < 4.78 is 41.2. The Bertz CT molecular complexity index is 723. The third kappa shape index (κ3) is 9.24. The number of guanidine groups is 1. The lowest BCUT2D eigenvalue weighted by atomic mass is 10.1. The van der Waals surface area contributed by atoms with E-state index < -0.39 is 12.8 Å². The fraction of sp³-hybridized carbons (Fsp3) is 0.421. The van der Waals surface area contributed by atoms with Crippen LogP contribution < -0.4 is 10.6 Å². The standard InChI is InChI=1S/C19H24F3N3OS.HI/c1-14(17-6-7-27-12-17)9-24-18(23-2)25-10-15-4-3-5-16(8-15)11-26-13-19(20,21)22;/h3-8,12,14H,9-11,13H2,1-2H3,(H2,23,24,25);1H. The Morgan fingerprint density at radius 2 is 1.96 bits per heavy atom. The highest BCUT2D eigenvalue weighted by molar-refractivity contribution is 14.0. The zero-order valence-corrected chi connectivity index (χ0v) is 18.9. The Hall–Kier alpha value is -1.33. The first-order valence-electron chi connectivity index (χ1n) is 8.56. The number of halogens is 4. The minimum atomic E-state index is -4.31. The van der Waals surface area contributed by atoms with Gasteiger partial charge in [-0.05, 0) is 39.4 Å². The van der Waals surface area contributed by atoms with Crippen molar-refractivity contribution in [1.29, 1.82) is 0 Å². The van der Waals surface area contributed by atoms with E-state index in [1.807, 2.05) is 12.1 Å². The molecule has 9 heteroatoms. The first-order chi connectivity index (χ1) is 12.9. The monoisotopic (exact) mass is 527 g/mol. The third-order valence-corrected chi connectivity index (χ3v) is 4.60. The van der Waals surface area contributed by atoms with Crippen LogP contribution in [0.1, 0.15) is 29.5 Å². The fourth-order valence-electron chi connectivity index (χ4n) is 2.44. The molecule has 4 nitrogen and oxygen atoms in total. The second-order valence-corrected chi connectivity index (χ2v) is 6.97. The minimum Gasteiger partial charge on any atom is -0.367 e. The minimum absolute atomic E-state index is 0. The van der Waals surface area contributed by atoms with Gasteiger partial charge < -0.3 is 15.4 Å². The Morgan fingerprint density at radius 3 is 2.61 bits per heavy atom. The van der Waals surface area contributed by atoms with Crippen LogP contribution in [-0.4, -0.2) is 32.3 Å². The fourth-order valence-corrected chi connectivity index (χ4v) is 3.23. The number of nitrogens with one attached hydrogen (secondary N) is 2. The van der Waals surface area contributed by atoms with E-state index in [9.17, 15) is 13.2 Å². The van der Waals surface area contributed by atoms with Crippen LogP contribution in [0.15, 0.2) is 46.1 Å². The summed E-state index contributed by atoms with van der Waals surface area (Å²) in [6.07, 6.45) is -4.31. The van der Waals surface area contributed by atoms with Gasteiger partial charge in [0.2, 0.25) is 0 Å². The topological polar surface area (TPSA) is 45.7 Å². The van der Waals surface area contributed by atoms with E-state index in [0.29, 0.717) is 24.0 Å². The van der Waals surface area contributed by atoms with Gasteiger partial charge in [0.05, 0.1) is 6.61 Å². The van der Waals surface area contributed by atoms with Crippen LogP contribution in [0.2, 0.25) is 0 Å². The summed E-state index contributed by atoms with van der Waals surface area (Å²) in [6.45, 7) is 2.10. The van der Waals surface area contributed by atoms with Crippen molar-refractivity contribution in [1.82, 2.24) is 10.6 Å². The predicted octanol–water partition coefficient (Wildman–Crippen LogP) is 4.91. The van der Waals surface area contributed by atoms with E-state index in [1.54, 1.807) is 30.5 Å². The Morgan fingerprint density at radius 1 is 1.21 bits per heavy atom. The highest BCUT2D eigenvalue weighted by Crippen LogP contribution is 2.17. The lowest BCUT2D eigenvalue weighted by Crippen LogP contribution is -2.38. The zero-order valence-electron chi connectivity index (χ0n) is 15.8. The molecule has 0 saturated carbocycles. The van der Waals surface area contributed by atoms with Crippen molar-refractivity contribution in [2.24, 2.45) is 4.99 Å². The molecule has 156 valence electrons.